The van der Waals surface area contributed by atoms with Crippen LogP contribution in [-0.2, 0) is 13.6 Å². The molecule has 0 aliphatic heterocycles. The van der Waals surface area contributed by atoms with Crippen LogP contribution in [0.1, 0.15) is 26.5 Å². The maximum atomic E-state index is 4.36. The number of aromatic nitrogens is 2. The van der Waals surface area contributed by atoms with E-state index >= 15 is 0 Å². The molecule has 0 saturated carbocycles. The van der Waals surface area contributed by atoms with Gasteiger partial charge in [0.1, 0.15) is 0 Å². The lowest BCUT2D eigenvalue weighted by Crippen LogP contribution is -2.35. The van der Waals surface area contributed by atoms with Gasteiger partial charge in [0.05, 0.1) is 11.9 Å². The van der Waals surface area contributed by atoms with E-state index in [9.17, 15) is 0 Å². The number of nitrogens with one attached hydrogen (secondary N) is 1. The number of rotatable bonds is 3. The summed E-state index contributed by atoms with van der Waals surface area (Å²) in [6.45, 7) is 7.34. The zero-order chi connectivity index (χ0) is 11.6. The van der Waals surface area contributed by atoms with Crippen LogP contribution in [0.4, 0.5) is 5.95 Å². The summed E-state index contributed by atoms with van der Waals surface area (Å²) in [5, 5.41) is 3.45. The minimum absolute atomic E-state index is 0.141. The zero-order valence-electron chi connectivity index (χ0n) is 10.6. The molecule has 86 valence electrons. The monoisotopic (exact) mass is 210 g/mol. The Labute approximate surface area is 92.3 Å². The summed E-state index contributed by atoms with van der Waals surface area (Å²) in [5.74, 6) is 0.987. The van der Waals surface area contributed by atoms with E-state index in [1.54, 1.807) is 0 Å². The maximum absolute atomic E-state index is 4.36. The number of imidazole rings is 1. The van der Waals surface area contributed by atoms with Crippen molar-refractivity contribution in [1.29, 1.82) is 0 Å². The Morgan fingerprint density at radius 1 is 1.40 bits per heavy atom. The first-order valence-electron chi connectivity index (χ1n) is 5.24. The first-order chi connectivity index (χ1) is 6.81. The lowest BCUT2D eigenvalue weighted by molar-refractivity contribution is 0.418. The van der Waals surface area contributed by atoms with E-state index in [-0.39, 0.29) is 5.54 Å². The van der Waals surface area contributed by atoms with Crippen LogP contribution in [0.5, 0.6) is 0 Å². The van der Waals surface area contributed by atoms with Gasteiger partial charge in [-0.05, 0) is 20.8 Å². The molecule has 0 unspecified atom stereocenters. The van der Waals surface area contributed by atoms with Crippen LogP contribution in [-0.4, -0.2) is 29.2 Å². The Bertz CT molecular complexity index is 320. The molecule has 0 spiro atoms. The fraction of sp³-hybridized carbons (Fsp3) is 0.727. The summed E-state index contributed by atoms with van der Waals surface area (Å²) < 4.78 is 2.11. The fourth-order valence-electron chi connectivity index (χ4n) is 1.37. The Kier molecular flexibility index (Phi) is 3.39. The van der Waals surface area contributed by atoms with Gasteiger partial charge in [-0.1, -0.05) is 0 Å². The van der Waals surface area contributed by atoms with Crippen molar-refractivity contribution in [3.63, 3.8) is 0 Å². The molecule has 1 aromatic rings. The van der Waals surface area contributed by atoms with E-state index in [4.69, 9.17) is 0 Å². The molecule has 0 amide bonds. The second kappa shape index (κ2) is 4.23. The van der Waals surface area contributed by atoms with Crippen molar-refractivity contribution in [3.05, 3.63) is 11.9 Å². The number of nitrogens with zero attached hydrogens (tertiary/aromatic N) is 3. The van der Waals surface area contributed by atoms with Crippen LogP contribution in [0, 0.1) is 0 Å². The summed E-state index contributed by atoms with van der Waals surface area (Å²) >= 11 is 0. The molecule has 0 fully saturated rings. The summed E-state index contributed by atoms with van der Waals surface area (Å²) in [5.41, 5.74) is 1.34. The van der Waals surface area contributed by atoms with Gasteiger partial charge in [-0.3, -0.25) is 0 Å². The third-order valence-electron chi connectivity index (χ3n) is 2.26. The summed E-state index contributed by atoms with van der Waals surface area (Å²) in [6.07, 6.45) is 1.92. The van der Waals surface area contributed by atoms with Crippen molar-refractivity contribution in [1.82, 2.24) is 14.9 Å². The number of hydrogen-bond donors (Lipinski definition) is 1. The van der Waals surface area contributed by atoms with Gasteiger partial charge in [0, 0.05) is 33.2 Å². The fourth-order valence-corrected chi connectivity index (χ4v) is 1.37. The number of hydrogen-bond acceptors (Lipinski definition) is 3. The van der Waals surface area contributed by atoms with Gasteiger partial charge < -0.3 is 14.8 Å². The van der Waals surface area contributed by atoms with Crippen molar-refractivity contribution in [2.24, 2.45) is 7.05 Å². The molecule has 0 aliphatic carbocycles. The molecule has 15 heavy (non-hydrogen) atoms. The van der Waals surface area contributed by atoms with Crippen LogP contribution in [0.3, 0.4) is 0 Å². The van der Waals surface area contributed by atoms with E-state index < -0.39 is 0 Å². The Balaban J connectivity index is 2.71. The summed E-state index contributed by atoms with van der Waals surface area (Å²) in [4.78, 5) is 6.38. The average Bonchev–Trinajstić information content (AvgIpc) is 2.42. The molecule has 0 radical (unpaired) electrons. The van der Waals surface area contributed by atoms with Crippen LogP contribution in [0.15, 0.2) is 6.20 Å². The first kappa shape index (κ1) is 12.0. The Morgan fingerprint density at radius 2 is 2.00 bits per heavy atom. The Hall–Kier alpha value is -1.03. The molecule has 0 bridgehead atoms. The van der Waals surface area contributed by atoms with Gasteiger partial charge in [-0.15, -0.1) is 0 Å². The highest BCUT2D eigenvalue weighted by molar-refractivity contribution is 5.30. The van der Waals surface area contributed by atoms with Crippen molar-refractivity contribution < 1.29 is 0 Å². The highest BCUT2D eigenvalue weighted by Gasteiger charge is 2.12. The predicted octanol–water partition coefficient (Wildman–Crippen LogP) is 1.37. The minimum Gasteiger partial charge on any atom is -0.348 e. The smallest absolute Gasteiger partial charge is 0.204 e. The van der Waals surface area contributed by atoms with Crippen LogP contribution >= 0.6 is 0 Å². The van der Waals surface area contributed by atoms with Gasteiger partial charge in [0.25, 0.3) is 0 Å². The van der Waals surface area contributed by atoms with Crippen LogP contribution < -0.4 is 10.2 Å². The van der Waals surface area contributed by atoms with Gasteiger partial charge >= 0.3 is 0 Å². The molecule has 4 nitrogen and oxygen atoms in total. The minimum atomic E-state index is 0.141. The molecule has 0 atom stereocenters. The van der Waals surface area contributed by atoms with E-state index in [2.05, 4.69) is 35.6 Å². The SMILES string of the molecule is CN(C)c1ncc(CNC(C)(C)C)n1C. The lowest BCUT2D eigenvalue weighted by atomic mass is 10.1. The van der Waals surface area contributed by atoms with Crippen LogP contribution in [0.2, 0.25) is 0 Å². The van der Waals surface area contributed by atoms with E-state index in [1.165, 1.54) is 5.69 Å². The maximum Gasteiger partial charge on any atom is 0.204 e. The van der Waals surface area contributed by atoms with Gasteiger partial charge in [-0.25, -0.2) is 4.98 Å². The molecule has 4 heteroatoms. The second-order valence-corrected chi connectivity index (χ2v) is 5.11. The zero-order valence-corrected chi connectivity index (χ0v) is 10.6. The molecular formula is C11H22N4. The standard InChI is InChI=1S/C11H22N4/c1-11(2,3)13-8-9-7-12-10(14(4)5)15(9)6/h7,13H,8H2,1-6H3. The van der Waals surface area contributed by atoms with Gasteiger partial charge in [-0.2, -0.15) is 0 Å². The normalized spacial score (nSPS) is 11.9. The first-order valence-corrected chi connectivity index (χ1v) is 5.24. The Morgan fingerprint density at radius 3 is 2.40 bits per heavy atom. The third kappa shape index (κ3) is 3.23. The molecule has 1 rings (SSSR count). The van der Waals surface area contributed by atoms with Gasteiger partial charge in [0.2, 0.25) is 5.95 Å². The van der Waals surface area contributed by atoms with Crippen molar-refractivity contribution in [3.8, 4) is 0 Å². The quantitative estimate of drug-likeness (QED) is 0.818. The molecule has 0 aliphatic rings. The van der Waals surface area contributed by atoms with E-state index in [0.717, 1.165) is 12.5 Å². The van der Waals surface area contributed by atoms with Crippen molar-refractivity contribution >= 4 is 5.95 Å². The predicted molar refractivity (Wildman–Crippen MR) is 64.1 cm³/mol. The van der Waals surface area contributed by atoms with Crippen molar-refractivity contribution in [2.45, 2.75) is 32.9 Å². The molecule has 1 heterocycles. The highest BCUT2D eigenvalue weighted by atomic mass is 15.3. The van der Waals surface area contributed by atoms with Gasteiger partial charge in [0.15, 0.2) is 0 Å². The topological polar surface area (TPSA) is 33.1 Å². The molecule has 0 aromatic carbocycles. The molecule has 1 N–H and O–H groups in total. The molecule has 0 saturated heterocycles. The third-order valence-corrected chi connectivity index (χ3v) is 2.26. The number of anilines is 1. The summed E-state index contributed by atoms with van der Waals surface area (Å²) in [7, 11) is 6.05. The second-order valence-electron chi connectivity index (χ2n) is 5.11. The van der Waals surface area contributed by atoms with E-state index in [1.807, 2.05) is 32.2 Å². The van der Waals surface area contributed by atoms with E-state index in [0.29, 0.717) is 0 Å². The highest BCUT2D eigenvalue weighted by Crippen LogP contribution is 2.11. The largest absolute Gasteiger partial charge is 0.348 e. The molecule has 1 aromatic heterocycles. The van der Waals surface area contributed by atoms with Crippen LogP contribution in [0.25, 0.3) is 0 Å². The summed E-state index contributed by atoms with van der Waals surface area (Å²) in [6, 6.07) is 0. The lowest BCUT2D eigenvalue weighted by Gasteiger charge is -2.21. The van der Waals surface area contributed by atoms with Crippen molar-refractivity contribution in [2.75, 3.05) is 19.0 Å². The molecular weight excluding hydrogens is 188 g/mol. The average molecular weight is 210 g/mol.